The molecule has 0 aliphatic carbocycles. The number of aryl methyl sites for hydroxylation is 2. The quantitative estimate of drug-likeness (QED) is 0.917. The second-order valence-electron chi connectivity index (χ2n) is 5.55. The maximum absolute atomic E-state index is 13.0. The largest absolute Gasteiger partial charge is 0.352 e. The molecule has 0 bridgehead atoms. The van der Waals surface area contributed by atoms with Crippen LogP contribution in [0.15, 0.2) is 24.3 Å². The van der Waals surface area contributed by atoms with Crippen molar-refractivity contribution in [3.8, 4) is 0 Å². The van der Waals surface area contributed by atoms with Crippen molar-refractivity contribution in [2.45, 2.75) is 27.3 Å². The molecule has 4 nitrogen and oxygen atoms in total. The van der Waals surface area contributed by atoms with Gasteiger partial charge in [0.1, 0.15) is 5.82 Å². The van der Waals surface area contributed by atoms with E-state index >= 15 is 0 Å². The van der Waals surface area contributed by atoms with Crippen LogP contribution >= 0.6 is 11.6 Å². The molecule has 1 aromatic carbocycles. The van der Waals surface area contributed by atoms with E-state index in [0.717, 1.165) is 24.0 Å². The zero-order valence-corrected chi connectivity index (χ0v) is 13.6. The number of carbonyl (C=O) groups is 1. The Morgan fingerprint density at radius 3 is 2.73 bits per heavy atom. The number of amides is 1. The average Bonchev–Trinajstić information content (AvgIpc) is 2.74. The topological polar surface area (TPSA) is 46.9 Å². The van der Waals surface area contributed by atoms with Gasteiger partial charge in [0.2, 0.25) is 0 Å². The second kappa shape index (κ2) is 6.92. The van der Waals surface area contributed by atoms with Crippen molar-refractivity contribution in [1.29, 1.82) is 0 Å². The summed E-state index contributed by atoms with van der Waals surface area (Å²) in [7, 11) is 0. The van der Waals surface area contributed by atoms with Crippen LogP contribution in [0.25, 0.3) is 0 Å². The van der Waals surface area contributed by atoms with Gasteiger partial charge in [0.05, 0.1) is 16.3 Å². The fourth-order valence-electron chi connectivity index (χ4n) is 2.26. The molecule has 1 atom stereocenters. The van der Waals surface area contributed by atoms with E-state index in [-0.39, 0.29) is 22.4 Å². The van der Waals surface area contributed by atoms with Gasteiger partial charge in [0.15, 0.2) is 0 Å². The number of halogens is 2. The predicted octanol–water partition coefficient (Wildman–Crippen LogP) is 3.36. The third-order valence-corrected chi connectivity index (χ3v) is 3.69. The fourth-order valence-corrected chi connectivity index (χ4v) is 2.51. The summed E-state index contributed by atoms with van der Waals surface area (Å²) < 4.78 is 14.9. The molecule has 0 aliphatic heterocycles. The van der Waals surface area contributed by atoms with Crippen molar-refractivity contribution >= 4 is 17.5 Å². The second-order valence-corrected chi connectivity index (χ2v) is 5.96. The van der Waals surface area contributed by atoms with Crippen molar-refractivity contribution in [1.82, 2.24) is 15.1 Å². The van der Waals surface area contributed by atoms with Gasteiger partial charge in [0, 0.05) is 18.8 Å². The first kappa shape index (κ1) is 16.5. The van der Waals surface area contributed by atoms with Crippen LogP contribution in [-0.2, 0) is 6.54 Å². The maximum atomic E-state index is 13.0. The highest BCUT2D eigenvalue weighted by Gasteiger charge is 2.13. The number of aromatic nitrogens is 2. The van der Waals surface area contributed by atoms with E-state index in [9.17, 15) is 9.18 Å². The summed E-state index contributed by atoms with van der Waals surface area (Å²) in [5, 5.41) is 7.33. The third kappa shape index (κ3) is 4.07. The van der Waals surface area contributed by atoms with Gasteiger partial charge < -0.3 is 5.32 Å². The van der Waals surface area contributed by atoms with Crippen molar-refractivity contribution < 1.29 is 9.18 Å². The van der Waals surface area contributed by atoms with Crippen LogP contribution in [0.4, 0.5) is 4.39 Å². The van der Waals surface area contributed by atoms with Crippen LogP contribution in [-0.4, -0.2) is 22.2 Å². The van der Waals surface area contributed by atoms with E-state index in [1.165, 1.54) is 12.1 Å². The van der Waals surface area contributed by atoms with E-state index in [0.29, 0.717) is 6.54 Å². The molecular formula is C16H19ClFN3O. The first-order chi connectivity index (χ1) is 10.4. The summed E-state index contributed by atoms with van der Waals surface area (Å²) in [4.78, 5) is 12.1. The molecule has 0 saturated carbocycles. The Bertz CT molecular complexity index is 684. The Labute approximate surface area is 134 Å². The Morgan fingerprint density at radius 1 is 1.41 bits per heavy atom. The van der Waals surface area contributed by atoms with E-state index in [2.05, 4.69) is 10.4 Å². The van der Waals surface area contributed by atoms with Gasteiger partial charge >= 0.3 is 0 Å². The number of benzene rings is 1. The summed E-state index contributed by atoms with van der Waals surface area (Å²) in [6, 6.07) is 5.76. The Kier molecular flexibility index (Phi) is 5.19. The molecule has 1 amide bonds. The third-order valence-electron chi connectivity index (χ3n) is 3.37. The lowest BCUT2D eigenvalue weighted by atomic mass is 10.1. The van der Waals surface area contributed by atoms with Gasteiger partial charge in [-0.15, -0.1) is 0 Å². The van der Waals surface area contributed by atoms with Gasteiger partial charge in [-0.25, -0.2) is 4.39 Å². The lowest BCUT2D eigenvalue weighted by molar-refractivity contribution is 0.0946. The molecule has 1 N–H and O–H groups in total. The monoisotopic (exact) mass is 323 g/mol. The average molecular weight is 324 g/mol. The van der Waals surface area contributed by atoms with Crippen LogP contribution in [0, 0.1) is 25.6 Å². The highest BCUT2D eigenvalue weighted by Crippen LogP contribution is 2.17. The van der Waals surface area contributed by atoms with Crippen LogP contribution < -0.4 is 5.32 Å². The van der Waals surface area contributed by atoms with Gasteiger partial charge in [-0.2, -0.15) is 5.10 Å². The highest BCUT2D eigenvalue weighted by atomic mass is 35.5. The lowest BCUT2D eigenvalue weighted by Crippen LogP contribution is -2.30. The maximum Gasteiger partial charge on any atom is 0.252 e. The minimum atomic E-state index is -0.459. The van der Waals surface area contributed by atoms with Crippen molar-refractivity contribution in [3.05, 3.63) is 52.1 Å². The molecule has 118 valence electrons. The molecule has 2 aromatic rings. The highest BCUT2D eigenvalue weighted by molar-refractivity contribution is 6.33. The normalized spacial score (nSPS) is 12.2. The lowest BCUT2D eigenvalue weighted by Gasteiger charge is -2.14. The SMILES string of the molecule is Cc1cc(C)n(C[C@H](C)CNC(=O)c2ccc(F)cc2Cl)n1. The van der Waals surface area contributed by atoms with Gasteiger partial charge in [-0.3, -0.25) is 9.48 Å². The van der Waals surface area contributed by atoms with Crippen molar-refractivity contribution in [3.63, 3.8) is 0 Å². The molecule has 0 saturated heterocycles. The molecular weight excluding hydrogens is 305 g/mol. The van der Waals surface area contributed by atoms with E-state index < -0.39 is 5.82 Å². The van der Waals surface area contributed by atoms with E-state index in [1.807, 2.05) is 31.5 Å². The van der Waals surface area contributed by atoms with Gasteiger partial charge in [0.25, 0.3) is 5.91 Å². The van der Waals surface area contributed by atoms with Crippen LogP contribution in [0.1, 0.15) is 28.7 Å². The molecule has 0 unspecified atom stereocenters. The minimum Gasteiger partial charge on any atom is -0.352 e. The number of rotatable bonds is 5. The summed E-state index contributed by atoms with van der Waals surface area (Å²) in [6.45, 7) is 7.20. The minimum absolute atomic E-state index is 0.115. The molecule has 1 aromatic heterocycles. The van der Waals surface area contributed by atoms with Gasteiger partial charge in [-0.1, -0.05) is 18.5 Å². The smallest absolute Gasteiger partial charge is 0.252 e. The number of nitrogens with zero attached hydrogens (tertiary/aromatic N) is 2. The summed E-state index contributed by atoms with van der Waals surface area (Å²) in [5.74, 6) is -0.550. The molecule has 0 radical (unpaired) electrons. The molecule has 0 fully saturated rings. The van der Waals surface area contributed by atoms with E-state index in [1.54, 1.807) is 0 Å². The Balaban J connectivity index is 1.91. The fraction of sp³-hybridized carbons (Fsp3) is 0.375. The van der Waals surface area contributed by atoms with Crippen LogP contribution in [0.2, 0.25) is 5.02 Å². The van der Waals surface area contributed by atoms with Crippen LogP contribution in [0.5, 0.6) is 0 Å². The molecule has 0 spiro atoms. The number of carbonyl (C=O) groups excluding carboxylic acids is 1. The molecule has 22 heavy (non-hydrogen) atoms. The molecule has 0 aliphatic rings. The van der Waals surface area contributed by atoms with Crippen molar-refractivity contribution in [2.24, 2.45) is 5.92 Å². The number of nitrogens with one attached hydrogen (secondary N) is 1. The molecule has 1 heterocycles. The zero-order chi connectivity index (χ0) is 16.3. The summed E-state index contributed by atoms with van der Waals surface area (Å²) in [6.07, 6.45) is 0. The number of hydrogen-bond donors (Lipinski definition) is 1. The van der Waals surface area contributed by atoms with Crippen molar-refractivity contribution in [2.75, 3.05) is 6.54 Å². The standard InChI is InChI=1S/C16H19ClFN3O/c1-10(9-21-12(3)6-11(2)20-21)8-19-16(22)14-5-4-13(18)7-15(14)17/h4-7,10H,8-9H2,1-3H3,(H,19,22)/t10-/m1/s1. The first-order valence-electron chi connectivity index (χ1n) is 7.11. The van der Waals surface area contributed by atoms with Crippen LogP contribution in [0.3, 0.4) is 0 Å². The summed E-state index contributed by atoms with van der Waals surface area (Å²) >= 11 is 5.88. The summed E-state index contributed by atoms with van der Waals surface area (Å²) in [5.41, 5.74) is 2.35. The predicted molar refractivity (Wildman–Crippen MR) is 84.6 cm³/mol. The molecule has 6 heteroatoms. The number of hydrogen-bond acceptors (Lipinski definition) is 2. The Morgan fingerprint density at radius 2 is 2.14 bits per heavy atom. The first-order valence-corrected chi connectivity index (χ1v) is 7.49. The van der Waals surface area contributed by atoms with E-state index in [4.69, 9.17) is 11.6 Å². The Hall–Kier alpha value is -1.88. The molecule has 2 rings (SSSR count). The zero-order valence-electron chi connectivity index (χ0n) is 12.9. The van der Waals surface area contributed by atoms with Gasteiger partial charge in [-0.05, 0) is 44.0 Å².